The van der Waals surface area contributed by atoms with E-state index in [9.17, 15) is 0 Å². The van der Waals surface area contributed by atoms with Crippen LogP contribution >= 0.6 is 11.6 Å². The number of benzene rings is 1. The van der Waals surface area contributed by atoms with Crippen molar-refractivity contribution < 1.29 is 5.11 Å². The Morgan fingerprint density at radius 2 is 2.00 bits per heavy atom. The third-order valence-corrected chi connectivity index (χ3v) is 3.39. The van der Waals surface area contributed by atoms with Gasteiger partial charge in [-0.1, -0.05) is 17.7 Å². The Morgan fingerprint density at radius 3 is 2.44 bits per heavy atom. The van der Waals surface area contributed by atoms with Crippen molar-refractivity contribution in [1.29, 1.82) is 0 Å². The van der Waals surface area contributed by atoms with E-state index in [-0.39, 0.29) is 6.61 Å². The standard InChI is InChI=1S/C14H23ClN2O/c1-5-17(11(2)9-16(3)4)13-7-6-12(10-18)14(15)8-13/h6-8,11,18H,5,9-10H2,1-4H3. The summed E-state index contributed by atoms with van der Waals surface area (Å²) in [7, 11) is 4.15. The van der Waals surface area contributed by atoms with Crippen LogP contribution in [0.25, 0.3) is 0 Å². The van der Waals surface area contributed by atoms with Gasteiger partial charge in [0.05, 0.1) is 6.61 Å². The highest BCUT2D eigenvalue weighted by molar-refractivity contribution is 6.31. The average Bonchev–Trinajstić information content (AvgIpc) is 2.29. The van der Waals surface area contributed by atoms with Crippen molar-refractivity contribution >= 4 is 17.3 Å². The quantitative estimate of drug-likeness (QED) is 0.861. The van der Waals surface area contributed by atoms with E-state index in [0.29, 0.717) is 11.1 Å². The Kier molecular flexibility index (Phi) is 5.93. The molecular formula is C14H23ClN2O. The predicted octanol–water partition coefficient (Wildman–Crippen LogP) is 2.61. The molecule has 0 bridgehead atoms. The van der Waals surface area contributed by atoms with Gasteiger partial charge in [-0.3, -0.25) is 0 Å². The molecule has 0 aliphatic carbocycles. The van der Waals surface area contributed by atoms with Crippen LogP contribution < -0.4 is 4.90 Å². The number of hydrogen-bond acceptors (Lipinski definition) is 3. The van der Waals surface area contributed by atoms with Crippen molar-refractivity contribution in [3.05, 3.63) is 28.8 Å². The summed E-state index contributed by atoms with van der Waals surface area (Å²) in [5, 5.41) is 9.76. The summed E-state index contributed by atoms with van der Waals surface area (Å²) in [5.41, 5.74) is 1.88. The summed E-state index contributed by atoms with van der Waals surface area (Å²) in [4.78, 5) is 4.49. The van der Waals surface area contributed by atoms with Crippen LogP contribution in [0, 0.1) is 0 Å². The molecule has 1 unspecified atom stereocenters. The number of anilines is 1. The number of likely N-dealkylation sites (N-methyl/N-ethyl adjacent to an activating group) is 2. The molecule has 0 fully saturated rings. The van der Waals surface area contributed by atoms with Gasteiger partial charge in [0, 0.05) is 29.8 Å². The van der Waals surface area contributed by atoms with Crippen LogP contribution in [-0.4, -0.2) is 43.2 Å². The monoisotopic (exact) mass is 270 g/mol. The molecule has 4 heteroatoms. The van der Waals surface area contributed by atoms with Crippen molar-refractivity contribution in [3.8, 4) is 0 Å². The molecule has 1 aromatic rings. The van der Waals surface area contributed by atoms with E-state index in [1.54, 1.807) is 0 Å². The molecule has 1 N–H and O–H groups in total. The summed E-state index contributed by atoms with van der Waals surface area (Å²) in [6, 6.07) is 6.26. The van der Waals surface area contributed by atoms with E-state index >= 15 is 0 Å². The lowest BCUT2D eigenvalue weighted by Crippen LogP contribution is -2.40. The molecule has 0 saturated carbocycles. The number of hydrogen-bond donors (Lipinski definition) is 1. The van der Waals surface area contributed by atoms with Gasteiger partial charge in [0.2, 0.25) is 0 Å². The minimum atomic E-state index is -0.0154. The molecule has 0 saturated heterocycles. The zero-order valence-electron chi connectivity index (χ0n) is 11.7. The van der Waals surface area contributed by atoms with E-state index in [1.165, 1.54) is 0 Å². The fourth-order valence-electron chi connectivity index (χ4n) is 2.22. The number of aliphatic hydroxyl groups excluding tert-OH is 1. The van der Waals surface area contributed by atoms with Crippen molar-refractivity contribution in [2.45, 2.75) is 26.5 Å². The fourth-order valence-corrected chi connectivity index (χ4v) is 2.45. The van der Waals surface area contributed by atoms with Gasteiger partial charge in [0.1, 0.15) is 0 Å². The first-order valence-corrected chi connectivity index (χ1v) is 6.68. The Labute approximate surface area is 115 Å². The minimum Gasteiger partial charge on any atom is -0.392 e. The topological polar surface area (TPSA) is 26.7 Å². The highest BCUT2D eigenvalue weighted by Gasteiger charge is 2.14. The molecule has 0 spiro atoms. The van der Waals surface area contributed by atoms with Crippen LogP contribution in [0.2, 0.25) is 5.02 Å². The smallest absolute Gasteiger partial charge is 0.0696 e. The molecule has 1 aromatic carbocycles. The van der Waals surface area contributed by atoms with Crippen LogP contribution in [0.4, 0.5) is 5.69 Å². The van der Waals surface area contributed by atoms with E-state index in [4.69, 9.17) is 16.7 Å². The molecule has 0 amide bonds. The lowest BCUT2D eigenvalue weighted by molar-refractivity contribution is 0.282. The summed E-state index contributed by atoms with van der Waals surface area (Å²) in [6.07, 6.45) is 0. The van der Waals surface area contributed by atoms with Crippen LogP contribution in [0.1, 0.15) is 19.4 Å². The fraction of sp³-hybridized carbons (Fsp3) is 0.571. The summed E-state index contributed by atoms with van der Waals surface area (Å²) in [6.45, 7) is 6.26. The second kappa shape index (κ2) is 6.98. The molecule has 1 atom stereocenters. The maximum Gasteiger partial charge on any atom is 0.0696 e. The predicted molar refractivity (Wildman–Crippen MR) is 78.4 cm³/mol. The maximum atomic E-state index is 9.13. The molecule has 102 valence electrons. The summed E-state index contributed by atoms with van der Waals surface area (Å²) >= 11 is 6.14. The number of nitrogens with zero attached hydrogens (tertiary/aromatic N) is 2. The van der Waals surface area contributed by atoms with Crippen LogP contribution in [0.5, 0.6) is 0 Å². The second-order valence-electron chi connectivity index (χ2n) is 4.83. The molecule has 1 rings (SSSR count). The first kappa shape index (κ1) is 15.3. The molecule has 0 aliphatic heterocycles. The molecule has 0 aliphatic rings. The largest absolute Gasteiger partial charge is 0.392 e. The van der Waals surface area contributed by atoms with Gasteiger partial charge < -0.3 is 14.9 Å². The van der Waals surface area contributed by atoms with Gasteiger partial charge in [-0.15, -0.1) is 0 Å². The zero-order chi connectivity index (χ0) is 13.7. The van der Waals surface area contributed by atoms with E-state index in [1.807, 2.05) is 18.2 Å². The molecule has 0 radical (unpaired) electrons. The summed E-state index contributed by atoms with van der Waals surface area (Å²) in [5.74, 6) is 0. The Morgan fingerprint density at radius 1 is 1.33 bits per heavy atom. The van der Waals surface area contributed by atoms with Crippen molar-refractivity contribution in [3.63, 3.8) is 0 Å². The maximum absolute atomic E-state index is 9.13. The van der Waals surface area contributed by atoms with Crippen molar-refractivity contribution in [2.75, 3.05) is 32.1 Å². The lowest BCUT2D eigenvalue weighted by atomic mass is 10.1. The van der Waals surface area contributed by atoms with Gasteiger partial charge in [0.15, 0.2) is 0 Å². The Hall–Kier alpha value is -0.770. The Bertz CT molecular complexity index is 382. The Balaban J connectivity index is 2.91. The van der Waals surface area contributed by atoms with Gasteiger partial charge in [-0.25, -0.2) is 0 Å². The van der Waals surface area contributed by atoms with Gasteiger partial charge >= 0.3 is 0 Å². The van der Waals surface area contributed by atoms with Crippen molar-refractivity contribution in [2.24, 2.45) is 0 Å². The second-order valence-corrected chi connectivity index (χ2v) is 5.24. The first-order chi connectivity index (χ1) is 8.49. The molecule has 0 heterocycles. The first-order valence-electron chi connectivity index (χ1n) is 6.30. The third kappa shape index (κ3) is 3.87. The van der Waals surface area contributed by atoms with E-state index in [2.05, 4.69) is 37.7 Å². The van der Waals surface area contributed by atoms with E-state index in [0.717, 1.165) is 24.3 Å². The van der Waals surface area contributed by atoms with Gasteiger partial charge in [-0.05, 0) is 45.6 Å². The van der Waals surface area contributed by atoms with Gasteiger partial charge in [-0.2, -0.15) is 0 Å². The lowest BCUT2D eigenvalue weighted by Gasteiger charge is -2.32. The van der Waals surface area contributed by atoms with Crippen molar-refractivity contribution in [1.82, 2.24) is 4.90 Å². The van der Waals surface area contributed by atoms with Crippen LogP contribution in [0.15, 0.2) is 18.2 Å². The SMILES string of the molecule is CCN(c1ccc(CO)c(Cl)c1)C(C)CN(C)C. The van der Waals surface area contributed by atoms with Crippen LogP contribution in [0.3, 0.4) is 0 Å². The molecular weight excluding hydrogens is 248 g/mol. The normalized spacial score (nSPS) is 12.8. The molecule has 3 nitrogen and oxygen atoms in total. The van der Waals surface area contributed by atoms with Crippen LogP contribution in [-0.2, 0) is 6.61 Å². The third-order valence-electron chi connectivity index (χ3n) is 3.04. The number of aliphatic hydroxyl groups is 1. The molecule has 18 heavy (non-hydrogen) atoms. The minimum absolute atomic E-state index is 0.0154. The number of rotatable bonds is 6. The zero-order valence-corrected chi connectivity index (χ0v) is 12.4. The average molecular weight is 271 g/mol. The highest BCUT2D eigenvalue weighted by atomic mass is 35.5. The number of halogens is 1. The highest BCUT2D eigenvalue weighted by Crippen LogP contribution is 2.25. The van der Waals surface area contributed by atoms with E-state index < -0.39 is 0 Å². The summed E-state index contributed by atoms with van der Waals surface area (Å²) < 4.78 is 0. The van der Waals surface area contributed by atoms with Gasteiger partial charge in [0.25, 0.3) is 0 Å². The molecule has 0 aromatic heterocycles.